The largest absolute Gasteiger partial charge is 0.477 e. The van der Waals surface area contributed by atoms with Crippen molar-refractivity contribution in [3.63, 3.8) is 0 Å². The van der Waals surface area contributed by atoms with E-state index in [9.17, 15) is 36.9 Å². The van der Waals surface area contributed by atoms with Crippen LogP contribution in [0.1, 0.15) is 26.5 Å². The van der Waals surface area contributed by atoms with Crippen molar-refractivity contribution in [2.75, 3.05) is 24.4 Å². The molecule has 2 aliphatic rings. The van der Waals surface area contributed by atoms with Crippen LogP contribution in [0, 0.1) is 0 Å². The van der Waals surface area contributed by atoms with Crippen LogP contribution in [-0.4, -0.2) is 98.5 Å². The summed E-state index contributed by atoms with van der Waals surface area (Å²) in [6.07, 6.45) is 0.889. The van der Waals surface area contributed by atoms with E-state index in [2.05, 4.69) is 15.5 Å². The van der Waals surface area contributed by atoms with Gasteiger partial charge in [-0.1, -0.05) is 5.16 Å². The summed E-state index contributed by atoms with van der Waals surface area (Å²) in [6.45, 7) is 4.36. The summed E-state index contributed by atoms with van der Waals surface area (Å²) < 4.78 is 41.4. The van der Waals surface area contributed by atoms with E-state index in [0.29, 0.717) is 0 Å². The first kappa shape index (κ1) is 28.4. The summed E-state index contributed by atoms with van der Waals surface area (Å²) in [5.41, 5.74) is -0.407. The Morgan fingerprint density at radius 1 is 1.35 bits per heavy atom. The van der Waals surface area contributed by atoms with Crippen LogP contribution in [0.5, 0.6) is 0 Å². The molecule has 2 aliphatic heterocycles. The fraction of sp³-hybridized carbons (Fsp3) is 0.500. The monoisotopic (exact) mass is 576 g/mol. The normalized spacial score (nSPS) is 22.2. The smallest absolute Gasteiger partial charge is 0.352 e. The van der Waals surface area contributed by atoms with Crippen LogP contribution in [0.25, 0.3) is 0 Å². The summed E-state index contributed by atoms with van der Waals surface area (Å²) in [5, 5.41) is 15.9. The van der Waals surface area contributed by atoms with Crippen molar-refractivity contribution < 1.29 is 46.5 Å². The fourth-order valence-electron chi connectivity index (χ4n) is 3.54. The van der Waals surface area contributed by atoms with Gasteiger partial charge in [-0.15, -0.1) is 11.3 Å². The summed E-state index contributed by atoms with van der Waals surface area (Å²) in [6, 6.07) is -1.38. The van der Waals surface area contributed by atoms with Gasteiger partial charge in [-0.05, 0) is 26.3 Å². The van der Waals surface area contributed by atoms with Crippen LogP contribution in [0.2, 0.25) is 0 Å². The third-order valence-electron chi connectivity index (χ3n) is 4.78. The van der Waals surface area contributed by atoms with Gasteiger partial charge < -0.3 is 20.0 Å². The molecule has 1 aromatic rings. The molecule has 3 rings (SSSR count). The maximum atomic E-state index is 13.0. The predicted octanol–water partition coefficient (Wildman–Crippen LogP) is -0.996. The number of rotatable bonds is 9. The molecule has 1 fully saturated rings. The number of oxime groups is 1. The number of thiazole rings is 1. The number of hydrogen-bond acceptors (Lipinski definition) is 12. The maximum absolute atomic E-state index is 13.0. The predicted molar refractivity (Wildman–Crippen MR) is 130 cm³/mol. The van der Waals surface area contributed by atoms with Gasteiger partial charge in [-0.2, -0.15) is 0 Å². The lowest BCUT2D eigenvalue weighted by Crippen LogP contribution is -2.74. The second kappa shape index (κ2) is 10.7. The Hall–Kier alpha value is -3.18. The lowest BCUT2D eigenvalue weighted by Gasteiger charge is -2.49. The highest BCUT2D eigenvalue weighted by Gasteiger charge is 2.57. The standard InChI is InChI=1S/C20H24N4O10S3/c1-20(2,3)34-12(25)5-33-23-13(11-6-35-9-21-11)16(26)22-14-17(27)24-15(19(28)29)10(8-37(4,31)32)7-36(30)18(14)24/h6,9,14,18H,5,7-8H2,1-4H3,(H,22,26)(H,28,29)/t14?,18-,36?/m0/s1. The Bertz CT molecular complexity index is 1310. The van der Waals surface area contributed by atoms with Gasteiger partial charge in [0.25, 0.3) is 11.8 Å². The van der Waals surface area contributed by atoms with E-state index in [0.717, 1.165) is 22.5 Å². The van der Waals surface area contributed by atoms with Gasteiger partial charge in [0, 0.05) is 11.6 Å². The molecule has 1 aromatic heterocycles. The van der Waals surface area contributed by atoms with E-state index >= 15 is 0 Å². The first-order chi connectivity index (χ1) is 17.1. The molecule has 1 saturated heterocycles. The molecule has 17 heteroatoms. The third kappa shape index (κ3) is 6.78. The number of fused-ring (bicyclic) bond motifs is 1. The third-order valence-corrected chi connectivity index (χ3v) is 7.89. The molecule has 2 unspecified atom stereocenters. The number of esters is 1. The van der Waals surface area contributed by atoms with Gasteiger partial charge in [-0.3, -0.25) is 18.7 Å². The van der Waals surface area contributed by atoms with Crippen LogP contribution in [0.4, 0.5) is 0 Å². The van der Waals surface area contributed by atoms with E-state index in [-0.39, 0.29) is 17.0 Å². The van der Waals surface area contributed by atoms with Gasteiger partial charge in [0.05, 0.1) is 27.8 Å². The maximum Gasteiger partial charge on any atom is 0.352 e. The Morgan fingerprint density at radius 3 is 2.57 bits per heavy atom. The van der Waals surface area contributed by atoms with Crippen molar-refractivity contribution in [1.29, 1.82) is 0 Å². The van der Waals surface area contributed by atoms with Crippen LogP contribution < -0.4 is 5.32 Å². The van der Waals surface area contributed by atoms with Crippen molar-refractivity contribution in [2.45, 2.75) is 37.8 Å². The van der Waals surface area contributed by atoms with E-state index in [4.69, 9.17) is 9.57 Å². The molecule has 0 aliphatic carbocycles. The molecule has 0 bridgehead atoms. The van der Waals surface area contributed by atoms with E-state index in [1.165, 1.54) is 10.9 Å². The number of nitrogens with one attached hydrogen (secondary N) is 1. The number of carboxylic acid groups (broad SMARTS) is 1. The van der Waals surface area contributed by atoms with Crippen molar-refractivity contribution in [1.82, 2.24) is 15.2 Å². The average Bonchev–Trinajstić information content (AvgIpc) is 3.26. The molecule has 0 radical (unpaired) electrons. The van der Waals surface area contributed by atoms with Crippen LogP contribution in [0.15, 0.2) is 27.3 Å². The van der Waals surface area contributed by atoms with Crippen molar-refractivity contribution >= 4 is 61.4 Å². The highest BCUT2D eigenvalue weighted by molar-refractivity contribution is 7.91. The molecule has 3 atom stereocenters. The Kier molecular flexibility index (Phi) is 8.18. The minimum absolute atomic E-state index is 0.0710. The Morgan fingerprint density at radius 2 is 2.03 bits per heavy atom. The zero-order valence-electron chi connectivity index (χ0n) is 20.1. The lowest BCUT2D eigenvalue weighted by molar-refractivity contribution is -0.160. The molecule has 37 heavy (non-hydrogen) atoms. The van der Waals surface area contributed by atoms with Crippen molar-refractivity contribution in [3.05, 3.63) is 27.9 Å². The topological polar surface area (TPSA) is 199 Å². The van der Waals surface area contributed by atoms with Crippen molar-refractivity contribution in [3.8, 4) is 0 Å². The van der Waals surface area contributed by atoms with Crippen LogP contribution >= 0.6 is 11.3 Å². The molecule has 0 saturated carbocycles. The summed E-state index contributed by atoms with van der Waals surface area (Å²) in [5.74, 6) is -5.21. The number of aliphatic carboxylic acids is 1. The van der Waals surface area contributed by atoms with Crippen LogP contribution in [-0.2, 0) is 49.4 Å². The lowest BCUT2D eigenvalue weighted by atomic mass is 10.0. The number of carbonyl (C=O) groups excluding carboxylic acids is 3. The molecular weight excluding hydrogens is 552 g/mol. The number of sulfone groups is 1. The molecule has 2 amide bonds. The summed E-state index contributed by atoms with van der Waals surface area (Å²) in [7, 11) is -5.58. The zero-order chi connectivity index (χ0) is 27.7. The van der Waals surface area contributed by atoms with Gasteiger partial charge >= 0.3 is 11.9 Å². The number of β-lactam (4-membered cyclic amide) rings is 1. The Labute approximate surface area is 218 Å². The highest BCUT2D eigenvalue weighted by atomic mass is 32.2. The SMILES string of the molecule is CC(C)(C)OC(=O)CON=C(C(=O)NC1C(=O)N2C(C(=O)O)=C(CS(C)(=O)=O)CS(=O)[C@@H]12)c1cscn1. The summed E-state index contributed by atoms with van der Waals surface area (Å²) in [4.78, 5) is 59.2. The second-order valence-corrected chi connectivity index (χ2v) is 13.5. The molecule has 0 aromatic carbocycles. The van der Waals surface area contributed by atoms with Gasteiger partial charge in [-0.25, -0.2) is 23.0 Å². The van der Waals surface area contributed by atoms with Gasteiger partial charge in [0.1, 0.15) is 28.4 Å². The van der Waals surface area contributed by atoms with E-state index in [1.54, 1.807) is 20.8 Å². The molecule has 2 N–H and O–H groups in total. The quantitative estimate of drug-likeness (QED) is 0.158. The molecule has 14 nitrogen and oxygen atoms in total. The summed E-state index contributed by atoms with van der Waals surface area (Å²) >= 11 is 1.14. The second-order valence-electron chi connectivity index (χ2n) is 9.08. The van der Waals surface area contributed by atoms with E-state index < -0.39 is 85.2 Å². The average molecular weight is 577 g/mol. The number of amides is 2. The number of aromatic nitrogens is 1. The van der Waals surface area contributed by atoms with Gasteiger partial charge in [0.2, 0.25) is 6.61 Å². The number of hydrogen-bond donors (Lipinski definition) is 2. The fourth-order valence-corrected chi connectivity index (χ4v) is 6.77. The number of carboxylic acids is 1. The zero-order valence-corrected chi connectivity index (χ0v) is 22.6. The molecule has 3 heterocycles. The number of carbonyl (C=O) groups is 4. The first-order valence-electron chi connectivity index (χ1n) is 10.5. The highest BCUT2D eigenvalue weighted by Crippen LogP contribution is 2.35. The first-order valence-corrected chi connectivity index (χ1v) is 14.9. The minimum atomic E-state index is -3.67. The van der Waals surface area contributed by atoms with Gasteiger partial charge in [0.15, 0.2) is 15.5 Å². The molecule has 202 valence electrons. The van der Waals surface area contributed by atoms with E-state index in [1.807, 2.05) is 0 Å². The minimum Gasteiger partial charge on any atom is -0.477 e. The number of nitrogens with zero attached hydrogens (tertiary/aromatic N) is 3. The van der Waals surface area contributed by atoms with Crippen LogP contribution in [0.3, 0.4) is 0 Å². The molecule has 0 spiro atoms. The number of ether oxygens (including phenoxy) is 1. The molecular formula is C20H24N4O10S3. The Balaban J connectivity index is 1.80. The van der Waals surface area contributed by atoms with Crippen molar-refractivity contribution in [2.24, 2.45) is 5.16 Å².